The van der Waals surface area contributed by atoms with E-state index in [0.29, 0.717) is 58.0 Å². The molecule has 2 rings (SSSR count). The van der Waals surface area contributed by atoms with Crippen LogP contribution in [0.4, 0.5) is 0 Å². The zero-order valence-corrected chi connectivity index (χ0v) is 24.5. The second-order valence-corrected chi connectivity index (χ2v) is 10.6. The van der Waals surface area contributed by atoms with Gasteiger partial charge in [0.2, 0.25) is 23.6 Å². The number of nitrogens with one attached hydrogen (secondary N) is 2. The topological polar surface area (TPSA) is 163 Å². The predicted molar refractivity (Wildman–Crippen MR) is 155 cm³/mol. The van der Waals surface area contributed by atoms with Crippen LogP contribution in [0, 0.1) is 0 Å². The van der Waals surface area contributed by atoms with E-state index in [9.17, 15) is 19.2 Å². The fourth-order valence-electron chi connectivity index (χ4n) is 4.46. The van der Waals surface area contributed by atoms with Gasteiger partial charge in [-0.25, -0.2) is 0 Å². The van der Waals surface area contributed by atoms with Crippen LogP contribution in [0.5, 0.6) is 0 Å². The number of halogens is 1. The summed E-state index contributed by atoms with van der Waals surface area (Å²) in [5.41, 5.74) is 11.8. The van der Waals surface area contributed by atoms with Crippen molar-refractivity contribution < 1.29 is 19.2 Å². The van der Waals surface area contributed by atoms with E-state index < -0.39 is 12.1 Å². The van der Waals surface area contributed by atoms with E-state index in [1.165, 1.54) is 9.80 Å². The molecule has 1 aromatic carbocycles. The Morgan fingerprint density at radius 2 is 1.87 bits per heavy atom. The highest BCUT2D eigenvalue weighted by Gasteiger charge is 2.31. The average Bonchev–Trinajstić information content (AvgIpc) is 2.90. The number of hydrogen-bond donors (Lipinski definition) is 4. The molecule has 0 aromatic heterocycles. The molecule has 1 heterocycles. The molecular weight excluding hydrogens is 566 g/mol. The van der Waals surface area contributed by atoms with Gasteiger partial charge in [-0.15, -0.1) is 0 Å². The zero-order chi connectivity index (χ0) is 28.8. The van der Waals surface area contributed by atoms with Crippen LogP contribution >= 0.6 is 15.9 Å². The highest BCUT2D eigenvalue weighted by atomic mass is 79.9. The number of rotatable bonds is 9. The van der Waals surface area contributed by atoms with Crippen molar-refractivity contribution in [2.24, 2.45) is 16.5 Å². The van der Waals surface area contributed by atoms with Gasteiger partial charge in [0.1, 0.15) is 12.1 Å². The number of carbonyl (C=O) groups is 4. The van der Waals surface area contributed by atoms with E-state index in [1.807, 2.05) is 31.2 Å². The SMILES string of the molecule is CC[C@H]1C(=O)NCCCCC(=O)N[C@@H](CCCCN=C(N)N)C(=O)N(CCc2ccccc2Br)CC(=O)N1C. The van der Waals surface area contributed by atoms with Crippen molar-refractivity contribution in [1.29, 1.82) is 0 Å². The van der Waals surface area contributed by atoms with E-state index in [2.05, 4.69) is 31.6 Å². The van der Waals surface area contributed by atoms with Gasteiger partial charge in [-0.3, -0.25) is 24.2 Å². The first-order valence-electron chi connectivity index (χ1n) is 13.5. The van der Waals surface area contributed by atoms with E-state index in [4.69, 9.17) is 11.5 Å². The largest absolute Gasteiger partial charge is 0.370 e. The van der Waals surface area contributed by atoms with E-state index in [0.717, 1.165) is 10.0 Å². The number of benzene rings is 1. The molecule has 4 amide bonds. The molecule has 0 bridgehead atoms. The smallest absolute Gasteiger partial charge is 0.245 e. The molecule has 1 aliphatic heterocycles. The monoisotopic (exact) mass is 607 g/mol. The molecule has 0 spiro atoms. The molecule has 1 saturated heterocycles. The van der Waals surface area contributed by atoms with Gasteiger partial charge in [-0.2, -0.15) is 0 Å². The molecule has 39 heavy (non-hydrogen) atoms. The van der Waals surface area contributed by atoms with Gasteiger partial charge in [0, 0.05) is 37.6 Å². The molecule has 0 saturated carbocycles. The molecule has 2 atom stereocenters. The van der Waals surface area contributed by atoms with Crippen molar-refractivity contribution in [1.82, 2.24) is 20.4 Å². The van der Waals surface area contributed by atoms with E-state index in [-0.39, 0.29) is 49.1 Å². The van der Waals surface area contributed by atoms with Crippen LogP contribution < -0.4 is 22.1 Å². The lowest BCUT2D eigenvalue weighted by molar-refractivity contribution is -0.145. The summed E-state index contributed by atoms with van der Waals surface area (Å²) in [7, 11) is 1.59. The van der Waals surface area contributed by atoms with E-state index >= 15 is 0 Å². The molecule has 216 valence electrons. The first-order valence-corrected chi connectivity index (χ1v) is 14.3. The maximum absolute atomic E-state index is 13.9. The van der Waals surface area contributed by atoms with Gasteiger partial charge >= 0.3 is 0 Å². The van der Waals surface area contributed by atoms with Gasteiger partial charge in [0.15, 0.2) is 5.96 Å². The molecular formula is C27H42BrN7O4. The van der Waals surface area contributed by atoms with Gasteiger partial charge < -0.3 is 31.9 Å². The maximum Gasteiger partial charge on any atom is 0.245 e. The Bertz CT molecular complexity index is 1020. The van der Waals surface area contributed by atoms with Crippen molar-refractivity contribution in [3.8, 4) is 0 Å². The molecule has 11 nitrogen and oxygen atoms in total. The first kappa shape index (κ1) is 32.1. The lowest BCUT2D eigenvalue weighted by Gasteiger charge is -2.31. The minimum Gasteiger partial charge on any atom is -0.370 e. The number of unbranched alkanes of at least 4 members (excludes halogenated alkanes) is 1. The van der Waals surface area contributed by atoms with Crippen LogP contribution in [0.3, 0.4) is 0 Å². The number of nitrogens with two attached hydrogens (primary N) is 2. The van der Waals surface area contributed by atoms with Crippen LogP contribution in [0.25, 0.3) is 0 Å². The van der Waals surface area contributed by atoms with Crippen LogP contribution in [0.15, 0.2) is 33.7 Å². The Balaban J connectivity index is 2.31. The predicted octanol–water partition coefficient (Wildman–Crippen LogP) is 1.29. The quantitative estimate of drug-likeness (QED) is 0.188. The molecule has 0 unspecified atom stereocenters. The van der Waals surface area contributed by atoms with Crippen molar-refractivity contribution >= 4 is 45.5 Å². The Morgan fingerprint density at radius 1 is 1.13 bits per heavy atom. The Labute approximate surface area is 239 Å². The number of hydrogen-bond acceptors (Lipinski definition) is 5. The zero-order valence-electron chi connectivity index (χ0n) is 23.0. The number of guanidine groups is 1. The Morgan fingerprint density at radius 3 is 2.56 bits per heavy atom. The summed E-state index contributed by atoms with van der Waals surface area (Å²) < 4.78 is 0.909. The molecule has 0 aliphatic carbocycles. The highest BCUT2D eigenvalue weighted by molar-refractivity contribution is 9.10. The standard InChI is InChI=1S/C27H42BrN7O4/c1-3-22-25(38)31-15-9-7-13-23(36)33-21(12-6-8-16-32-27(29)30)26(39)35(18-24(37)34(22)2)17-14-19-10-4-5-11-20(19)28/h4-5,10-11,21-22H,3,6-9,12-18H2,1-2H3,(H,31,38)(H,33,36)(H4,29,30,32)/t21-,22-/m0/s1. The highest BCUT2D eigenvalue weighted by Crippen LogP contribution is 2.18. The average molecular weight is 609 g/mol. The second-order valence-electron chi connectivity index (χ2n) is 9.70. The summed E-state index contributed by atoms with van der Waals surface area (Å²) in [6.45, 7) is 2.74. The summed E-state index contributed by atoms with van der Waals surface area (Å²) in [5.74, 6) is -1.14. The van der Waals surface area contributed by atoms with Crippen LogP contribution in [0.1, 0.15) is 57.4 Å². The number of carbonyl (C=O) groups excluding carboxylic acids is 4. The summed E-state index contributed by atoms with van der Waals surface area (Å²) in [5, 5.41) is 5.76. The van der Waals surface area contributed by atoms with Crippen LogP contribution in [-0.2, 0) is 25.6 Å². The minimum atomic E-state index is -0.791. The van der Waals surface area contributed by atoms with Crippen molar-refractivity contribution in [2.45, 2.75) is 70.4 Å². The van der Waals surface area contributed by atoms with Crippen molar-refractivity contribution in [3.05, 3.63) is 34.3 Å². The van der Waals surface area contributed by atoms with Gasteiger partial charge in [0.25, 0.3) is 0 Å². The Kier molecular flexibility index (Phi) is 13.8. The summed E-state index contributed by atoms with van der Waals surface area (Å²) in [6, 6.07) is 6.26. The summed E-state index contributed by atoms with van der Waals surface area (Å²) >= 11 is 3.55. The summed E-state index contributed by atoms with van der Waals surface area (Å²) in [4.78, 5) is 59.6. The number of amides is 4. The second kappa shape index (κ2) is 16.7. The molecule has 12 heteroatoms. The molecule has 0 radical (unpaired) electrons. The lowest BCUT2D eigenvalue weighted by atomic mass is 10.1. The third-order valence-corrected chi connectivity index (χ3v) is 7.53. The Hall–Kier alpha value is -3.15. The normalized spacial score (nSPS) is 20.1. The maximum atomic E-state index is 13.9. The number of likely N-dealkylation sites (N-methyl/N-ethyl adjacent to an activating group) is 1. The molecule has 1 aromatic rings. The molecule has 1 aliphatic rings. The minimum absolute atomic E-state index is 0.00697. The van der Waals surface area contributed by atoms with Crippen LogP contribution in [0.2, 0.25) is 0 Å². The third kappa shape index (κ3) is 10.9. The van der Waals surface area contributed by atoms with Crippen molar-refractivity contribution in [2.75, 3.05) is 33.2 Å². The molecule has 1 fully saturated rings. The first-order chi connectivity index (χ1) is 18.6. The molecule has 6 N–H and O–H groups in total. The fourth-order valence-corrected chi connectivity index (χ4v) is 4.94. The van der Waals surface area contributed by atoms with Crippen molar-refractivity contribution in [3.63, 3.8) is 0 Å². The summed E-state index contributed by atoms with van der Waals surface area (Å²) in [6.07, 6.45) is 4.00. The third-order valence-electron chi connectivity index (χ3n) is 6.76. The van der Waals surface area contributed by atoms with Gasteiger partial charge in [-0.1, -0.05) is 41.1 Å². The van der Waals surface area contributed by atoms with Gasteiger partial charge in [0.05, 0.1) is 6.54 Å². The number of nitrogens with zero attached hydrogens (tertiary/aromatic N) is 3. The lowest BCUT2D eigenvalue weighted by Crippen LogP contribution is -2.54. The fraction of sp³-hybridized carbons (Fsp3) is 0.593. The van der Waals surface area contributed by atoms with Crippen LogP contribution in [-0.4, -0.2) is 84.7 Å². The van der Waals surface area contributed by atoms with E-state index in [1.54, 1.807) is 7.05 Å². The van der Waals surface area contributed by atoms with Gasteiger partial charge in [-0.05, 0) is 56.6 Å². The number of aliphatic imine (C=N–C) groups is 1.